The van der Waals surface area contributed by atoms with Crippen molar-refractivity contribution >= 4 is 44.8 Å². The predicted molar refractivity (Wildman–Crippen MR) is 141 cm³/mol. The number of hydrogen-bond acceptors (Lipinski definition) is 5. The van der Waals surface area contributed by atoms with Crippen LogP contribution in [0.5, 0.6) is 5.75 Å². The van der Waals surface area contributed by atoms with Gasteiger partial charge in [-0.25, -0.2) is 8.42 Å². The van der Waals surface area contributed by atoms with Crippen LogP contribution in [-0.4, -0.2) is 39.9 Å². The fourth-order valence-electron chi connectivity index (χ4n) is 3.31. The van der Waals surface area contributed by atoms with Crippen molar-refractivity contribution in [1.82, 2.24) is 5.32 Å². The Balaban J connectivity index is 1.91. The van der Waals surface area contributed by atoms with Gasteiger partial charge in [0.1, 0.15) is 12.3 Å². The predicted octanol–water partition coefficient (Wildman–Crippen LogP) is 4.71. The summed E-state index contributed by atoms with van der Waals surface area (Å²) >= 11 is 5.99. The van der Waals surface area contributed by atoms with E-state index in [0.29, 0.717) is 10.8 Å². The molecule has 2 N–H and O–H groups in total. The molecular formula is C26H28ClN3O5S. The maximum Gasteiger partial charge on any atom is 0.264 e. The van der Waals surface area contributed by atoms with Crippen molar-refractivity contribution in [2.75, 3.05) is 23.3 Å². The molecule has 0 saturated heterocycles. The molecule has 8 nitrogen and oxygen atoms in total. The van der Waals surface area contributed by atoms with Gasteiger partial charge >= 0.3 is 0 Å². The summed E-state index contributed by atoms with van der Waals surface area (Å²) in [6, 6.07) is 18.5. The van der Waals surface area contributed by atoms with Gasteiger partial charge in [0.05, 0.1) is 28.9 Å². The molecule has 0 radical (unpaired) electrons. The first-order chi connectivity index (χ1) is 17.1. The normalized spacial score (nSPS) is 11.9. The van der Waals surface area contributed by atoms with Gasteiger partial charge in [0.25, 0.3) is 15.9 Å². The molecule has 3 aromatic rings. The Morgan fingerprint density at radius 1 is 1.00 bits per heavy atom. The van der Waals surface area contributed by atoms with Crippen molar-refractivity contribution in [3.05, 3.63) is 83.4 Å². The Morgan fingerprint density at radius 2 is 1.64 bits per heavy atom. The van der Waals surface area contributed by atoms with E-state index in [4.69, 9.17) is 16.3 Å². The summed E-state index contributed by atoms with van der Waals surface area (Å²) in [4.78, 5) is 25.8. The lowest BCUT2D eigenvalue weighted by Crippen LogP contribution is -2.38. The molecule has 0 unspecified atom stereocenters. The lowest BCUT2D eigenvalue weighted by Gasteiger charge is -2.24. The lowest BCUT2D eigenvalue weighted by molar-refractivity contribution is -0.114. The van der Waals surface area contributed by atoms with E-state index in [-0.39, 0.29) is 33.8 Å². The standard InChI is InChI=1S/C26H28ClN3O5S/c1-4-18(2)28-26(32)23-7-5-6-8-24(23)29-25(31)17-30(20-11-9-19(27)10-12-20)36(33,34)22-15-13-21(35-3)14-16-22/h5-16,18H,4,17H2,1-3H3,(H,28,32)(H,29,31)/t18-/m0/s1. The summed E-state index contributed by atoms with van der Waals surface area (Å²) in [5, 5.41) is 5.97. The third kappa shape index (κ3) is 6.56. The van der Waals surface area contributed by atoms with Crippen LogP contribution in [0.4, 0.5) is 11.4 Å². The van der Waals surface area contributed by atoms with Crippen LogP contribution in [0.1, 0.15) is 30.6 Å². The van der Waals surface area contributed by atoms with E-state index in [0.717, 1.165) is 10.7 Å². The number of benzene rings is 3. The van der Waals surface area contributed by atoms with Crippen LogP contribution < -0.4 is 19.7 Å². The first kappa shape index (κ1) is 27.0. The van der Waals surface area contributed by atoms with Gasteiger partial charge in [-0.1, -0.05) is 30.7 Å². The van der Waals surface area contributed by atoms with Crippen LogP contribution in [0.25, 0.3) is 0 Å². The highest BCUT2D eigenvalue weighted by Gasteiger charge is 2.28. The number of hydrogen-bond donors (Lipinski definition) is 2. The zero-order valence-corrected chi connectivity index (χ0v) is 21.8. The number of carbonyl (C=O) groups is 2. The molecular weight excluding hydrogens is 502 g/mol. The number of para-hydroxylation sites is 1. The number of methoxy groups -OCH3 is 1. The largest absolute Gasteiger partial charge is 0.497 e. The molecule has 0 fully saturated rings. The van der Waals surface area contributed by atoms with Crippen molar-refractivity contribution < 1.29 is 22.7 Å². The van der Waals surface area contributed by atoms with Gasteiger partial charge in [0.2, 0.25) is 5.91 Å². The van der Waals surface area contributed by atoms with Gasteiger partial charge in [0.15, 0.2) is 0 Å². The molecule has 3 aromatic carbocycles. The van der Waals surface area contributed by atoms with Crippen molar-refractivity contribution in [3.63, 3.8) is 0 Å². The van der Waals surface area contributed by atoms with Gasteiger partial charge in [-0.15, -0.1) is 0 Å². The number of ether oxygens (including phenoxy) is 1. The summed E-state index contributed by atoms with van der Waals surface area (Å²) in [5.41, 5.74) is 0.816. The van der Waals surface area contributed by atoms with E-state index in [1.54, 1.807) is 36.4 Å². The van der Waals surface area contributed by atoms with E-state index in [1.807, 2.05) is 13.8 Å². The molecule has 0 heterocycles. The smallest absolute Gasteiger partial charge is 0.264 e. The van der Waals surface area contributed by atoms with Crippen LogP contribution in [0.2, 0.25) is 5.02 Å². The number of halogens is 1. The molecule has 0 aliphatic heterocycles. The summed E-state index contributed by atoms with van der Waals surface area (Å²) < 4.78 is 33.2. The number of amides is 2. The Morgan fingerprint density at radius 3 is 2.25 bits per heavy atom. The molecule has 0 spiro atoms. The molecule has 36 heavy (non-hydrogen) atoms. The zero-order valence-electron chi connectivity index (χ0n) is 20.2. The van der Waals surface area contributed by atoms with Crippen molar-refractivity contribution in [3.8, 4) is 5.75 Å². The molecule has 0 bridgehead atoms. The van der Waals surface area contributed by atoms with Crippen LogP contribution in [0.3, 0.4) is 0 Å². The SMILES string of the molecule is CC[C@H](C)NC(=O)c1ccccc1NC(=O)CN(c1ccc(Cl)cc1)S(=O)(=O)c1ccc(OC)cc1. The number of carbonyl (C=O) groups excluding carboxylic acids is 2. The summed E-state index contributed by atoms with van der Waals surface area (Å²) in [6.45, 7) is 3.30. The van der Waals surface area contributed by atoms with Crippen LogP contribution >= 0.6 is 11.6 Å². The van der Waals surface area contributed by atoms with E-state index in [2.05, 4.69) is 10.6 Å². The van der Waals surface area contributed by atoms with Crippen LogP contribution in [0, 0.1) is 0 Å². The van der Waals surface area contributed by atoms with Crippen molar-refractivity contribution in [1.29, 1.82) is 0 Å². The summed E-state index contributed by atoms with van der Waals surface area (Å²) in [6.07, 6.45) is 0.750. The number of rotatable bonds is 10. The minimum Gasteiger partial charge on any atom is -0.497 e. The number of nitrogens with zero attached hydrogens (tertiary/aromatic N) is 1. The summed E-state index contributed by atoms with van der Waals surface area (Å²) in [7, 11) is -2.65. The third-order valence-corrected chi connectivity index (χ3v) is 7.52. The molecule has 3 rings (SSSR count). The first-order valence-electron chi connectivity index (χ1n) is 11.3. The molecule has 0 saturated carbocycles. The van der Waals surface area contributed by atoms with Gasteiger partial charge < -0.3 is 15.4 Å². The van der Waals surface area contributed by atoms with E-state index in [1.165, 1.54) is 43.5 Å². The minimum absolute atomic E-state index is 0.0145. The monoisotopic (exact) mass is 529 g/mol. The van der Waals surface area contributed by atoms with Gasteiger partial charge in [-0.05, 0) is 74.0 Å². The molecule has 0 aliphatic carbocycles. The highest BCUT2D eigenvalue weighted by atomic mass is 35.5. The fourth-order valence-corrected chi connectivity index (χ4v) is 4.86. The van der Waals surface area contributed by atoms with Gasteiger partial charge in [-0.2, -0.15) is 0 Å². The molecule has 10 heteroatoms. The van der Waals surface area contributed by atoms with Gasteiger partial charge in [0, 0.05) is 11.1 Å². The molecule has 1 atom stereocenters. The average molecular weight is 530 g/mol. The lowest BCUT2D eigenvalue weighted by atomic mass is 10.1. The van der Waals surface area contributed by atoms with Crippen LogP contribution in [0.15, 0.2) is 77.7 Å². The second kappa shape index (κ2) is 11.9. The second-order valence-electron chi connectivity index (χ2n) is 8.04. The zero-order chi connectivity index (χ0) is 26.3. The van der Waals surface area contributed by atoms with E-state index in [9.17, 15) is 18.0 Å². The Bertz CT molecular complexity index is 1310. The van der Waals surface area contributed by atoms with Crippen LogP contribution in [-0.2, 0) is 14.8 Å². The van der Waals surface area contributed by atoms with E-state index < -0.39 is 22.5 Å². The number of nitrogens with one attached hydrogen (secondary N) is 2. The second-order valence-corrected chi connectivity index (χ2v) is 10.3. The Labute approximate surface area is 216 Å². The first-order valence-corrected chi connectivity index (χ1v) is 13.1. The minimum atomic E-state index is -4.13. The topological polar surface area (TPSA) is 105 Å². The third-order valence-electron chi connectivity index (χ3n) is 5.48. The molecule has 2 amide bonds. The summed E-state index contributed by atoms with van der Waals surface area (Å²) in [5.74, 6) is -0.455. The molecule has 190 valence electrons. The fraction of sp³-hybridized carbons (Fsp3) is 0.231. The maximum absolute atomic E-state index is 13.5. The number of sulfonamides is 1. The number of anilines is 2. The average Bonchev–Trinajstić information content (AvgIpc) is 2.88. The molecule has 0 aromatic heterocycles. The highest BCUT2D eigenvalue weighted by Crippen LogP contribution is 2.27. The van der Waals surface area contributed by atoms with E-state index >= 15 is 0 Å². The Hall–Kier alpha value is -3.56. The molecule has 0 aliphatic rings. The quantitative estimate of drug-likeness (QED) is 0.396. The Kier molecular flexibility index (Phi) is 8.95. The van der Waals surface area contributed by atoms with Gasteiger partial charge in [-0.3, -0.25) is 13.9 Å². The van der Waals surface area contributed by atoms with Crippen molar-refractivity contribution in [2.24, 2.45) is 0 Å². The maximum atomic E-state index is 13.5. The van der Waals surface area contributed by atoms with Crippen molar-refractivity contribution in [2.45, 2.75) is 31.2 Å². The highest BCUT2D eigenvalue weighted by molar-refractivity contribution is 7.92.